The molecule has 0 amide bonds. The Kier molecular flexibility index (Phi) is 4.59. The van der Waals surface area contributed by atoms with Crippen molar-refractivity contribution >= 4 is 5.97 Å². The lowest BCUT2D eigenvalue weighted by molar-refractivity contribution is -0.137. The molecule has 0 radical (unpaired) electrons. The molecule has 1 aliphatic carbocycles. The van der Waals surface area contributed by atoms with Gasteiger partial charge in [-0.15, -0.1) is 0 Å². The largest absolute Gasteiger partial charge is 0.481 e. The summed E-state index contributed by atoms with van der Waals surface area (Å²) in [6, 6.07) is 9.54. The summed E-state index contributed by atoms with van der Waals surface area (Å²) in [6.07, 6.45) is 7.21. The van der Waals surface area contributed by atoms with Crippen LogP contribution in [0.25, 0.3) is 0 Å². The lowest BCUT2D eigenvalue weighted by Gasteiger charge is -2.39. The smallest absolute Gasteiger partial charge is 0.303 e. The molecule has 1 heterocycles. The van der Waals surface area contributed by atoms with Crippen molar-refractivity contribution in [2.24, 2.45) is 5.92 Å². The van der Waals surface area contributed by atoms with E-state index in [1.165, 1.54) is 43.2 Å². The second kappa shape index (κ2) is 6.61. The van der Waals surface area contributed by atoms with Crippen LogP contribution in [0.3, 0.4) is 0 Å². The van der Waals surface area contributed by atoms with Crippen LogP contribution in [0.1, 0.15) is 43.2 Å². The molecule has 3 rings (SSSR count). The first-order valence-corrected chi connectivity index (χ1v) is 8.25. The van der Waals surface area contributed by atoms with Gasteiger partial charge in [0.2, 0.25) is 0 Å². The summed E-state index contributed by atoms with van der Waals surface area (Å²) >= 11 is 0. The Labute approximate surface area is 127 Å². The Bertz CT molecular complexity index is 492. The van der Waals surface area contributed by atoms with E-state index in [0.29, 0.717) is 18.4 Å². The van der Waals surface area contributed by atoms with Gasteiger partial charge in [-0.3, -0.25) is 4.79 Å². The van der Waals surface area contributed by atoms with Gasteiger partial charge in [-0.25, -0.2) is 0 Å². The Morgan fingerprint density at radius 2 is 1.86 bits per heavy atom. The second-order valence-corrected chi connectivity index (χ2v) is 6.58. The van der Waals surface area contributed by atoms with Crippen LogP contribution < -0.4 is 0 Å². The highest BCUT2D eigenvalue weighted by Crippen LogP contribution is 2.29. The lowest BCUT2D eigenvalue weighted by atomic mass is 9.85. The summed E-state index contributed by atoms with van der Waals surface area (Å²) in [5.41, 5.74) is 3.06. The zero-order chi connectivity index (χ0) is 14.7. The van der Waals surface area contributed by atoms with E-state index in [2.05, 4.69) is 29.2 Å². The van der Waals surface area contributed by atoms with E-state index >= 15 is 0 Å². The molecule has 114 valence electrons. The van der Waals surface area contributed by atoms with E-state index in [0.717, 1.165) is 19.5 Å². The van der Waals surface area contributed by atoms with Crippen LogP contribution >= 0.6 is 0 Å². The number of carbonyl (C=O) groups is 1. The SMILES string of the molecule is O=C(O)CCC1CCN(C2CCc3ccccc3C2)CC1. The molecule has 0 saturated carbocycles. The van der Waals surface area contributed by atoms with Crippen molar-refractivity contribution in [3.05, 3.63) is 35.4 Å². The molecule has 2 aliphatic rings. The van der Waals surface area contributed by atoms with E-state index in [-0.39, 0.29) is 0 Å². The minimum Gasteiger partial charge on any atom is -0.481 e. The number of aryl methyl sites for hydroxylation is 1. The van der Waals surface area contributed by atoms with Gasteiger partial charge >= 0.3 is 5.97 Å². The van der Waals surface area contributed by atoms with Crippen molar-refractivity contribution in [3.8, 4) is 0 Å². The second-order valence-electron chi connectivity index (χ2n) is 6.58. The number of likely N-dealkylation sites (tertiary alicyclic amines) is 1. The monoisotopic (exact) mass is 287 g/mol. The number of hydrogen-bond acceptors (Lipinski definition) is 2. The summed E-state index contributed by atoms with van der Waals surface area (Å²) < 4.78 is 0. The molecule has 1 atom stereocenters. The Balaban J connectivity index is 1.50. The Morgan fingerprint density at radius 1 is 1.14 bits per heavy atom. The number of rotatable bonds is 4. The summed E-state index contributed by atoms with van der Waals surface area (Å²) in [7, 11) is 0. The molecule has 0 spiro atoms. The first-order valence-electron chi connectivity index (χ1n) is 8.25. The predicted molar refractivity (Wildman–Crippen MR) is 83.4 cm³/mol. The van der Waals surface area contributed by atoms with Crippen LogP contribution in [0, 0.1) is 5.92 Å². The van der Waals surface area contributed by atoms with Gasteiger partial charge < -0.3 is 10.0 Å². The van der Waals surface area contributed by atoms with Crippen LogP contribution in [-0.4, -0.2) is 35.1 Å². The third-order valence-electron chi connectivity index (χ3n) is 5.25. The van der Waals surface area contributed by atoms with E-state index in [9.17, 15) is 4.79 Å². The van der Waals surface area contributed by atoms with Gasteiger partial charge in [0.05, 0.1) is 0 Å². The Morgan fingerprint density at radius 3 is 2.57 bits per heavy atom. The van der Waals surface area contributed by atoms with Gasteiger partial charge in [-0.2, -0.15) is 0 Å². The zero-order valence-electron chi connectivity index (χ0n) is 12.6. The van der Waals surface area contributed by atoms with Gasteiger partial charge in [0.15, 0.2) is 0 Å². The molecule has 0 bridgehead atoms. The van der Waals surface area contributed by atoms with Crippen molar-refractivity contribution in [1.29, 1.82) is 0 Å². The fourth-order valence-electron chi connectivity index (χ4n) is 3.92. The van der Waals surface area contributed by atoms with E-state index < -0.39 is 5.97 Å². The summed E-state index contributed by atoms with van der Waals surface area (Å²) in [4.78, 5) is 13.3. The number of nitrogens with zero attached hydrogens (tertiary/aromatic N) is 1. The van der Waals surface area contributed by atoms with Gasteiger partial charge in [0, 0.05) is 12.5 Å². The molecular formula is C18H25NO2. The molecule has 3 nitrogen and oxygen atoms in total. The predicted octanol–water partition coefficient (Wildman–Crippen LogP) is 3.12. The molecule has 1 unspecified atom stereocenters. The van der Waals surface area contributed by atoms with E-state index in [1.807, 2.05) is 0 Å². The van der Waals surface area contributed by atoms with Crippen molar-refractivity contribution < 1.29 is 9.90 Å². The maximum atomic E-state index is 10.7. The van der Waals surface area contributed by atoms with Crippen molar-refractivity contribution in [3.63, 3.8) is 0 Å². The maximum Gasteiger partial charge on any atom is 0.303 e. The van der Waals surface area contributed by atoms with Gasteiger partial charge in [-0.1, -0.05) is 24.3 Å². The molecular weight excluding hydrogens is 262 g/mol. The molecule has 1 saturated heterocycles. The van der Waals surface area contributed by atoms with Crippen LogP contribution in [-0.2, 0) is 17.6 Å². The standard InChI is InChI=1S/C18H25NO2/c20-18(21)8-5-14-9-11-19(12-10-14)17-7-6-15-3-1-2-4-16(15)13-17/h1-4,14,17H,5-13H2,(H,20,21). The number of hydrogen-bond donors (Lipinski definition) is 1. The number of benzene rings is 1. The van der Waals surface area contributed by atoms with Crippen LogP contribution in [0.2, 0.25) is 0 Å². The number of piperidine rings is 1. The topological polar surface area (TPSA) is 40.5 Å². The van der Waals surface area contributed by atoms with Crippen molar-refractivity contribution in [1.82, 2.24) is 4.90 Å². The summed E-state index contributed by atoms with van der Waals surface area (Å²) in [6.45, 7) is 2.30. The number of carboxylic acid groups (broad SMARTS) is 1. The average Bonchev–Trinajstić information content (AvgIpc) is 2.53. The number of fused-ring (bicyclic) bond motifs is 1. The summed E-state index contributed by atoms with van der Waals surface area (Å²) in [5.74, 6) is -0.0328. The molecule has 3 heteroatoms. The summed E-state index contributed by atoms with van der Waals surface area (Å²) in [5, 5.41) is 8.78. The minimum atomic E-state index is -0.652. The first-order chi connectivity index (χ1) is 10.2. The van der Waals surface area contributed by atoms with Gasteiger partial charge in [0.25, 0.3) is 0 Å². The fraction of sp³-hybridized carbons (Fsp3) is 0.611. The highest BCUT2D eigenvalue weighted by Gasteiger charge is 2.27. The molecule has 1 N–H and O–H groups in total. The van der Waals surface area contributed by atoms with Crippen molar-refractivity contribution in [2.75, 3.05) is 13.1 Å². The van der Waals surface area contributed by atoms with E-state index in [1.54, 1.807) is 0 Å². The fourth-order valence-corrected chi connectivity index (χ4v) is 3.92. The van der Waals surface area contributed by atoms with Crippen LogP contribution in [0.5, 0.6) is 0 Å². The Hall–Kier alpha value is -1.35. The van der Waals surface area contributed by atoms with Crippen LogP contribution in [0.4, 0.5) is 0 Å². The highest BCUT2D eigenvalue weighted by atomic mass is 16.4. The lowest BCUT2D eigenvalue weighted by Crippen LogP contribution is -2.44. The zero-order valence-corrected chi connectivity index (χ0v) is 12.6. The highest BCUT2D eigenvalue weighted by molar-refractivity contribution is 5.66. The quantitative estimate of drug-likeness (QED) is 0.925. The molecule has 21 heavy (non-hydrogen) atoms. The van der Waals surface area contributed by atoms with Gasteiger partial charge in [-0.05, 0) is 68.7 Å². The molecule has 1 fully saturated rings. The van der Waals surface area contributed by atoms with Crippen molar-refractivity contribution in [2.45, 2.75) is 51.0 Å². The van der Waals surface area contributed by atoms with Gasteiger partial charge in [0.1, 0.15) is 0 Å². The number of aliphatic carboxylic acids is 1. The molecule has 0 aromatic heterocycles. The third-order valence-corrected chi connectivity index (χ3v) is 5.25. The minimum absolute atomic E-state index is 0.335. The molecule has 1 aliphatic heterocycles. The van der Waals surface area contributed by atoms with Crippen LogP contribution in [0.15, 0.2) is 24.3 Å². The molecule has 1 aromatic rings. The third kappa shape index (κ3) is 3.65. The maximum absolute atomic E-state index is 10.7. The molecule has 1 aromatic carbocycles. The first kappa shape index (κ1) is 14.6. The van der Waals surface area contributed by atoms with E-state index in [4.69, 9.17) is 5.11 Å². The normalized spacial score (nSPS) is 23.7. The average molecular weight is 287 g/mol. The number of carboxylic acids is 1.